The minimum absolute atomic E-state index is 0. The maximum atomic E-state index is 5.39. The summed E-state index contributed by atoms with van der Waals surface area (Å²) in [6.45, 7) is 9.07. The topological polar surface area (TPSA) is 54.9 Å². The van der Waals surface area contributed by atoms with Gasteiger partial charge in [-0.05, 0) is 26.2 Å². The number of halogens is 1. The monoisotopic (exact) mass is 387 g/mol. The van der Waals surface area contributed by atoms with Gasteiger partial charge in [0.1, 0.15) is 0 Å². The molecule has 0 saturated carbocycles. The quantitative estimate of drug-likeness (QED) is 0.247. The van der Waals surface area contributed by atoms with Crippen LogP contribution in [0.3, 0.4) is 0 Å². The first-order valence-corrected chi connectivity index (χ1v) is 6.94. The van der Waals surface area contributed by atoms with Crippen molar-refractivity contribution in [3.63, 3.8) is 0 Å². The van der Waals surface area contributed by atoms with Gasteiger partial charge in [0.05, 0.1) is 13.2 Å². The highest BCUT2D eigenvalue weighted by Gasteiger charge is 1.95. The van der Waals surface area contributed by atoms with Crippen molar-refractivity contribution in [2.45, 2.75) is 33.1 Å². The molecule has 6 heteroatoms. The average Bonchev–Trinajstić information content (AvgIpc) is 2.39. The van der Waals surface area contributed by atoms with E-state index < -0.39 is 0 Å². The summed E-state index contributed by atoms with van der Waals surface area (Å²) in [6.07, 6.45) is 3.22. The van der Waals surface area contributed by atoms with Crippen LogP contribution in [0.4, 0.5) is 0 Å². The van der Waals surface area contributed by atoms with E-state index in [1.165, 1.54) is 0 Å². The summed E-state index contributed by atoms with van der Waals surface area (Å²) in [7, 11) is 1.69. The summed E-state index contributed by atoms with van der Waals surface area (Å²) in [4.78, 5) is 4.44. The summed E-state index contributed by atoms with van der Waals surface area (Å²) in [5, 5.41) is 6.54. The first-order valence-electron chi connectivity index (χ1n) is 6.94. The normalized spacial score (nSPS) is 11.0. The third-order valence-corrected chi connectivity index (χ3v) is 2.28. The number of methoxy groups -OCH3 is 1. The number of ether oxygens (including phenoxy) is 2. The van der Waals surface area contributed by atoms with Gasteiger partial charge in [-0.25, -0.2) is 0 Å². The van der Waals surface area contributed by atoms with Crippen LogP contribution in [0.2, 0.25) is 0 Å². The van der Waals surface area contributed by atoms with Gasteiger partial charge in [0.2, 0.25) is 0 Å². The first-order chi connectivity index (χ1) is 8.85. The second kappa shape index (κ2) is 17.9. The van der Waals surface area contributed by atoms with Crippen LogP contribution in [0.5, 0.6) is 0 Å². The molecule has 0 unspecified atom stereocenters. The Kier molecular flexibility index (Phi) is 20.0. The fourth-order valence-electron chi connectivity index (χ4n) is 1.35. The number of aliphatic imine (C=N–C) groups is 1. The largest absolute Gasteiger partial charge is 0.382 e. The zero-order chi connectivity index (χ0) is 13.5. The van der Waals surface area contributed by atoms with E-state index >= 15 is 0 Å². The summed E-state index contributed by atoms with van der Waals surface area (Å²) in [6, 6.07) is 0. The standard InChI is InChI=1S/C13H29N3O2.HI/c1-4-8-15-13(14-5-2)16-9-6-7-10-18-12-11-17-3;/h4-12H2,1-3H3,(H2,14,15,16);1H. The first kappa shape index (κ1) is 21.2. The van der Waals surface area contributed by atoms with E-state index in [-0.39, 0.29) is 24.0 Å². The van der Waals surface area contributed by atoms with Gasteiger partial charge >= 0.3 is 0 Å². The van der Waals surface area contributed by atoms with E-state index in [1.54, 1.807) is 7.11 Å². The molecule has 0 heterocycles. The van der Waals surface area contributed by atoms with Crippen LogP contribution in [-0.2, 0) is 9.47 Å². The summed E-state index contributed by atoms with van der Waals surface area (Å²) < 4.78 is 10.3. The number of rotatable bonds is 11. The Balaban J connectivity index is 0. The third-order valence-electron chi connectivity index (χ3n) is 2.28. The van der Waals surface area contributed by atoms with E-state index in [9.17, 15) is 0 Å². The lowest BCUT2D eigenvalue weighted by Crippen LogP contribution is -2.37. The number of nitrogens with zero attached hydrogens (tertiary/aromatic N) is 1. The van der Waals surface area contributed by atoms with Gasteiger partial charge in [0.25, 0.3) is 0 Å². The molecule has 0 atom stereocenters. The molecule has 0 aliphatic carbocycles. The highest BCUT2D eigenvalue weighted by atomic mass is 127. The van der Waals surface area contributed by atoms with E-state index in [0.29, 0.717) is 13.2 Å². The van der Waals surface area contributed by atoms with Gasteiger partial charge in [0.15, 0.2) is 5.96 Å². The van der Waals surface area contributed by atoms with Crippen molar-refractivity contribution in [2.75, 3.05) is 46.6 Å². The van der Waals surface area contributed by atoms with Crippen molar-refractivity contribution < 1.29 is 9.47 Å². The Morgan fingerprint density at radius 1 is 1.05 bits per heavy atom. The van der Waals surface area contributed by atoms with E-state index in [1.807, 2.05) is 0 Å². The number of unbranched alkanes of at least 4 members (excludes halogenated alkanes) is 1. The molecule has 116 valence electrons. The highest BCUT2D eigenvalue weighted by Crippen LogP contribution is 1.89. The Hall–Kier alpha value is -0.0800. The van der Waals surface area contributed by atoms with Crippen LogP contribution in [0.25, 0.3) is 0 Å². The van der Waals surface area contributed by atoms with Crippen molar-refractivity contribution in [3.8, 4) is 0 Å². The molecule has 0 saturated heterocycles. The van der Waals surface area contributed by atoms with Crippen LogP contribution in [0.15, 0.2) is 4.99 Å². The van der Waals surface area contributed by atoms with Gasteiger partial charge in [-0.3, -0.25) is 4.99 Å². The molecule has 5 nitrogen and oxygen atoms in total. The molecular formula is C13H30IN3O2. The molecular weight excluding hydrogens is 357 g/mol. The van der Waals surface area contributed by atoms with Crippen LogP contribution in [-0.4, -0.2) is 52.5 Å². The minimum Gasteiger partial charge on any atom is -0.382 e. The predicted molar refractivity (Wildman–Crippen MR) is 91.6 cm³/mol. The summed E-state index contributed by atoms with van der Waals surface area (Å²) >= 11 is 0. The van der Waals surface area contributed by atoms with Gasteiger partial charge in [-0.15, -0.1) is 24.0 Å². The van der Waals surface area contributed by atoms with Crippen LogP contribution in [0, 0.1) is 0 Å². The van der Waals surface area contributed by atoms with Crippen molar-refractivity contribution in [3.05, 3.63) is 0 Å². The molecule has 0 aromatic carbocycles. The lowest BCUT2D eigenvalue weighted by Gasteiger charge is -2.11. The zero-order valence-electron chi connectivity index (χ0n) is 12.5. The second-order valence-corrected chi connectivity index (χ2v) is 4.00. The van der Waals surface area contributed by atoms with E-state index in [4.69, 9.17) is 9.47 Å². The lowest BCUT2D eigenvalue weighted by molar-refractivity contribution is 0.0689. The SMILES string of the molecule is CCCN=C(NCC)NCCCCOCCOC.I. The Bertz CT molecular complexity index is 204. The number of guanidine groups is 1. The highest BCUT2D eigenvalue weighted by molar-refractivity contribution is 14.0. The number of hydrogen-bond acceptors (Lipinski definition) is 3. The van der Waals surface area contributed by atoms with E-state index in [2.05, 4.69) is 29.5 Å². The third kappa shape index (κ3) is 15.9. The number of nitrogens with one attached hydrogen (secondary N) is 2. The van der Waals surface area contributed by atoms with Crippen LogP contribution >= 0.6 is 24.0 Å². The fraction of sp³-hybridized carbons (Fsp3) is 0.923. The minimum atomic E-state index is 0. The molecule has 0 bridgehead atoms. The molecule has 0 aliphatic heterocycles. The molecule has 0 aromatic heterocycles. The fourth-order valence-corrected chi connectivity index (χ4v) is 1.35. The van der Waals surface area contributed by atoms with Gasteiger partial charge < -0.3 is 20.1 Å². The van der Waals surface area contributed by atoms with Crippen molar-refractivity contribution in [2.24, 2.45) is 4.99 Å². The van der Waals surface area contributed by atoms with Crippen molar-refractivity contribution >= 4 is 29.9 Å². The van der Waals surface area contributed by atoms with Gasteiger partial charge in [-0.1, -0.05) is 6.92 Å². The molecule has 0 aromatic rings. The lowest BCUT2D eigenvalue weighted by atomic mass is 10.3. The Morgan fingerprint density at radius 3 is 2.47 bits per heavy atom. The number of hydrogen-bond donors (Lipinski definition) is 2. The molecule has 0 amide bonds. The summed E-state index contributed by atoms with van der Waals surface area (Å²) in [5.41, 5.74) is 0. The Labute approximate surface area is 134 Å². The molecule has 0 rings (SSSR count). The average molecular weight is 387 g/mol. The molecule has 0 radical (unpaired) electrons. The molecule has 2 N–H and O–H groups in total. The summed E-state index contributed by atoms with van der Waals surface area (Å²) in [5.74, 6) is 0.916. The van der Waals surface area contributed by atoms with Gasteiger partial charge in [-0.2, -0.15) is 0 Å². The van der Waals surface area contributed by atoms with Gasteiger partial charge in [0, 0.05) is 33.4 Å². The maximum absolute atomic E-state index is 5.39. The van der Waals surface area contributed by atoms with Crippen LogP contribution in [0.1, 0.15) is 33.1 Å². The Morgan fingerprint density at radius 2 is 1.84 bits per heavy atom. The molecule has 0 fully saturated rings. The molecule has 0 spiro atoms. The predicted octanol–water partition coefficient (Wildman–Crippen LogP) is 2.01. The molecule has 19 heavy (non-hydrogen) atoms. The zero-order valence-corrected chi connectivity index (χ0v) is 14.9. The second-order valence-electron chi connectivity index (χ2n) is 4.00. The molecule has 0 aliphatic rings. The van der Waals surface area contributed by atoms with Crippen LogP contribution < -0.4 is 10.6 Å². The maximum Gasteiger partial charge on any atom is 0.191 e. The van der Waals surface area contributed by atoms with Crippen molar-refractivity contribution in [1.82, 2.24) is 10.6 Å². The van der Waals surface area contributed by atoms with E-state index in [0.717, 1.165) is 51.5 Å². The smallest absolute Gasteiger partial charge is 0.191 e. The van der Waals surface area contributed by atoms with Crippen molar-refractivity contribution in [1.29, 1.82) is 0 Å².